The van der Waals surface area contributed by atoms with Crippen LogP contribution in [0.15, 0.2) is 0 Å². The number of ether oxygens (including phenoxy) is 1. The zero-order valence-electron chi connectivity index (χ0n) is 13.4. The van der Waals surface area contributed by atoms with Gasteiger partial charge >= 0.3 is 5.97 Å². The third kappa shape index (κ3) is 4.66. The lowest BCUT2D eigenvalue weighted by atomic mass is 9.85. The molecule has 0 heterocycles. The van der Waals surface area contributed by atoms with Crippen molar-refractivity contribution in [3.05, 3.63) is 0 Å². The minimum atomic E-state index is -0.417. The first-order chi connectivity index (χ1) is 9.71. The lowest BCUT2D eigenvalue weighted by Gasteiger charge is -2.32. The highest BCUT2D eigenvalue weighted by Crippen LogP contribution is 2.39. The summed E-state index contributed by atoms with van der Waals surface area (Å²) < 4.78 is 5.30. The Balaban J connectivity index is 2.40. The molecule has 0 aromatic heterocycles. The number of nitrogens with one attached hydrogen (secondary N) is 1. The molecule has 0 amide bonds. The highest BCUT2D eigenvalue weighted by molar-refractivity contribution is 7.99. The summed E-state index contributed by atoms with van der Waals surface area (Å²) in [6.45, 7) is 4.60. The number of esters is 1. The minimum absolute atomic E-state index is 0.0408. The highest BCUT2D eigenvalue weighted by Gasteiger charge is 2.48. The van der Waals surface area contributed by atoms with Gasteiger partial charge in [0.25, 0.3) is 0 Å². The lowest BCUT2D eigenvalue weighted by Crippen LogP contribution is -2.54. The third-order valence-electron chi connectivity index (χ3n) is 4.41. The van der Waals surface area contributed by atoms with Crippen molar-refractivity contribution < 1.29 is 9.53 Å². The smallest absolute Gasteiger partial charge is 0.326 e. The van der Waals surface area contributed by atoms with Gasteiger partial charge in [0.05, 0.1) is 6.61 Å². The summed E-state index contributed by atoms with van der Waals surface area (Å²) in [5.74, 6) is 2.82. The van der Waals surface area contributed by atoms with Crippen LogP contribution in [0.3, 0.4) is 0 Å². The van der Waals surface area contributed by atoms with E-state index in [1.807, 2.05) is 25.7 Å². The van der Waals surface area contributed by atoms with Crippen molar-refractivity contribution in [2.75, 3.05) is 25.2 Å². The third-order valence-corrected chi connectivity index (χ3v) is 5.51. The molecular formula is C16H31NO2S. The maximum absolute atomic E-state index is 12.3. The molecule has 2 atom stereocenters. The van der Waals surface area contributed by atoms with E-state index in [2.05, 4.69) is 12.2 Å². The van der Waals surface area contributed by atoms with E-state index in [0.717, 1.165) is 31.4 Å². The fourth-order valence-corrected chi connectivity index (χ4v) is 4.27. The van der Waals surface area contributed by atoms with Crippen molar-refractivity contribution in [3.8, 4) is 0 Å². The van der Waals surface area contributed by atoms with Crippen LogP contribution in [-0.4, -0.2) is 36.7 Å². The van der Waals surface area contributed by atoms with Crippen LogP contribution >= 0.6 is 11.8 Å². The van der Waals surface area contributed by atoms with Gasteiger partial charge in [-0.1, -0.05) is 26.2 Å². The van der Waals surface area contributed by atoms with Gasteiger partial charge < -0.3 is 10.1 Å². The van der Waals surface area contributed by atoms with Crippen molar-refractivity contribution in [2.45, 2.75) is 64.3 Å². The number of carbonyl (C=O) groups excluding carboxylic acids is 1. The molecule has 0 aliphatic heterocycles. The lowest BCUT2D eigenvalue weighted by molar-refractivity contribution is -0.152. The van der Waals surface area contributed by atoms with E-state index in [-0.39, 0.29) is 5.97 Å². The van der Waals surface area contributed by atoms with Gasteiger partial charge in [-0.25, -0.2) is 0 Å². The maximum Gasteiger partial charge on any atom is 0.326 e. The molecule has 1 aliphatic rings. The van der Waals surface area contributed by atoms with Crippen LogP contribution in [0.2, 0.25) is 0 Å². The Bertz CT molecular complexity index is 286. The Labute approximate surface area is 128 Å². The number of likely N-dealkylation sites (N-methyl/N-ethyl adjacent to an activating group) is 1. The molecule has 1 N–H and O–H groups in total. The van der Waals surface area contributed by atoms with Gasteiger partial charge in [-0.2, -0.15) is 11.8 Å². The van der Waals surface area contributed by atoms with Crippen molar-refractivity contribution in [1.29, 1.82) is 0 Å². The summed E-state index contributed by atoms with van der Waals surface area (Å²) >= 11 is 2.04. The molecule has 3 nitrogen and oxygen atoms in total. The van der Waals surface area contributed by atoms with Crippen molar-refractivity contribution in [1.82, 2.24) is 5.32 Å². The first kappa shape index (κ1) is 17.8. The van der Waals surface area contributed by atoms with Gasteiger partial charge in [0.15, 0.2) is 0 Å². The Hall–Kier alpha value is -0.220. The summed E-state index contributed by atoms with van der Waals surface area (Å²) in [4.78, 5) is 12.3. The average molecular weight is 301 g/mol. The van der Waals surface area contributed by atoms with Crippen molar-refractivity contribution in [3.63, 3.8) is 0 Å². The van der Waals surface area contributed by atoms with Gasteiger partial charge in [-0.05, 0) is 57.1 Å². The largest absolute Gasteiger partial charge is 0.465 e. The number of hydrogen-bond acceptors (Lipinski definition) is 4. The van der Waals surface area contributed by atoms with Gasteiger partial charge in [0.2, 0.25) is 0 Å². The topological polar surface area (TPSA) is 38.3 Å². The molecular weight excluding hydrogens is 270 g/mol. The van der Waals surface area contributed by atoms with Crippen molar-refractivity contribution in [2.24, 2.45) is 5.92 Å². The number of hydrogen-bond donors (Lipinski definition) is 1. The van der Waals surface area contributed by atoms with E-state index < -0.39 is 5.54 Å². The number of carbonyl (C=O) groups is 1. The van der Waals surface area contributed by atoms with Gasteiger partial charge in [-0.3, -0.25) is 4.79 Å². The van der Waals surface area contributed by atoms with Crippen LogP contribution in [0.4, 0.5) is 0 Å². The van der Waals surface area contributed by atoms with Gasteiger partial charge in [0.1, 0.15) is 5.54 Å². The van der Waals surface area contributed by atoms with Crippen molar-refractivity contribution >= 4 is 17.7 Å². The molecule has 20 heavy (non-hydrogen) atoms. The van der Waals surface area contributed by atoms with E-state index in [1.54, 1.807) is 0 Å². The predicted molar refractivity (Wildman–Crippen MR) is 87.2 cm³/mol. The molecule has 118 valence electrons. The van der Waals surface area contributed by atoms with E-state index in [0.29, 0.717) is 12.5 Å². The van der Waals surface area contributed by atoms with Crippen LogP contribution in [-0.2, 0) is 9.53 Å². The zero-order valence-corrected chi connectivity index (χ0v) is 14.2. The Morgan fingerprint density at radius 1 is 1.35 bits per heavy atom. The maximum atomic E-state index is 12.3. The summed E-state index contributed by atoms with van der Waals surface area (Å²) in [7, 11) is 1.91. The second-order valence-electron chi connectivity index (χ2n) is 5.64. The van der Waals surface area contributed by atoms with E-state index >= 15 is 0 Å². The first-order valence-corrected chi connectivity index (χ1v) is 9.30. The summed E-state index contributed by atoms with van der Waals surface area (Å²) in [6, 6.07) is 0. The van der Waals surface area contributed by atoms with Crippen LogP contribution in [0.25, 0.3) is 0 Å². The molecule has 1 saturated carbocycles. The molecule has 0 bridgehead atoms. The monoisotopic (exact) mass is 301 g/mol. The predicted octanol–water partition coefficient (Wildman–Crippen LogP) is 3.62. The number of thioether (sulfide) groups is 1. The quantitative estimate of drug-likeness (QED) is 0.494. The Morgan fingerprint density at radius 2 is 2.15 bits per heavy atom. The fourth-order valence-electron chi connectivity index (χ4n) is 3.21. The Kier molecular flexibility index (Phi) is 8.62. The summed E-state index contributed by atoms with van der Waals surface area (Å²) in [6.07, 6.45) is 8.26. The highest BCUT2D eigenvalue weighted by atomic mass is 32.2. The molecule has 1 fully saturated rings. The molecule has 1 rings (SSSR count). The van der Waals surface area contributed by atoms with Crippen LogP contribution in [0.5, 0.6) is 0 Å². The number of rotatable bonds is 10. The zero-order chi connectivity index (χ0) is 14.8. The normalized spacial score (nSPS) is 25.9. The Morgan fingerprint density at radius 3 is 2.80 bits per heavy atom. The summed E-state index contributed by atoms with van der Waals surface area (Å²) in [5.41, 5.74) is -0.417. The molecule has 0 aromatic rings. The first-order valence-electron chi connectivity index (χ1n) is 8.15. The molecule has 2 unspecified atom stereocenters. The average Bonchev–Trinajstić information content (AvgIpc) is 2.87. The van der Waals surface area contributed by atoms with Crippen LogP contribution in [0.1, 0.15) is 58.8 Å². The molecule has 4 heteroatoms. The van der Waals surface area contributed by atoms with Gasteiger partial charge in [0, 0.05) is 0 Å². The van der Waals surface area contributed by atoms with E-state index in [9.17, 15) is 4.79 Å². The second kappa shape index (κ2) is 9.67. The van der Waals surface area contributed by atoms with Crippen LogP contribution in [0, 0.1) is 5.92 Å². The van der Waals surface area contributed by atoms with E-state index in [4.69, 9.17) is 4.74 Å². The molecule has 0 aromatic carbocycles. The molecule has 1 aliphatic carbocycles. The van der Waals surface area contributed by atoms with Gasteiger partial charge in [-0.15, -0.1) is 0 Å². The molecule has 0 saturated heterocycles. The molecule has 0 radical (unpaired) electrons. The standard InChI is InChI=1S/C16H31NO2S/c1-4-6-7-12-20-13-10-14-9-8-11-16(14,17-3)15(18)19-5-2/h14,17H,4-13H2,1-3H3. The van der Waals surface area contributed by atoms with Crippen LogP contribution < -0.4 is 5.32 Å². The van der Waals surface area contributed by atoms with E-state index in [1.165, 1.54) is 25.0 Å². The molecule has 0 spiro atoms. The second-order valence-corrected chi connectivity index (χ2v) is 6.86. The minimum Gasteiger partial charge on any atom is -0.465 e. The SMILES string of the molecule is CCCCCSCCC1CCCC1(NC)C(=O)OCC. The summed E-state index contributed by atoms with van der Waals surface area (Å²) in [5, 5.41) is 3.29. The fraction of sp³-hybridized carbons (Fsp3) is 0.938. The number of unbranched alkanes of at least 4 members (excludes halogenated alkanes) is 2.